The van der Waals surface area contributed by atoms with E-state index in [4.69, 9.17) is 18.9 Å². The summed E-state index contributed by atoms with van der Waals surface area (Å²) in [7, 11) is -1.34. The molecule has 3 N–H and O–H groups in total. The van der Waals surface area contributed by atoms with Gasteiger partial charge in [-0.15, -0.1) is 0 Å². The number of nitrogens with zero attached hydrogens (tertiary/aromatic N) is 2. The van der Waals surface area contributed by atoms with Crippen LogP contribution in [0.5, 0.6) is 17.4 Å². The van der Waals surface area contributed by atoms with Crippen LogP contribution in [0.1, 0.15) is 79.6 Å². The molecule has 0 bridgehead atoms. The van der Waals surface area contributed by atoms with Gasteiger partial charge < -0.3 is 34.5 Å². The van der Waals surface area contributed by atoms with Crippen molar-refractivity contribution in [2.24, 2.45) is 17.8 Å². The quantitative estimate of drug-likeness (QED) is 0.306. The Labute approximate surface area is 332 Å². The number of alkyl carbamates (subject to hydrolysis) is 1. The molecule has 1 saturated heterocycles. The number of methoxy groups -OCH3 is 2. The monoisotopic (exact) mass is 815 g/mol. The molecule has 2 aliphatic heterocycles. The largest absolute Gasteiger partial charge is 0.497 e. The molecule has 15 nitrogen and oxygen atoms in total. The first-order valence-corrected chi connectivity index (χ1v) is 20.9. The van der Waals surface area contributed by atoms with E-state index in [1.165, 1.54) is 18.2 Å². The van der Waals surface area contributed by atoms with Crippen molar-refractivity contribution in [3.8, 4) is 17.4 Å². The number of hydrogen-bond acceptors (Lipinski definition) is 11. The molecule has 2 saturated carbocycles. The molecule has 1 aromatic heterocycles. The third-order valence-corrected chi connectivity index (χ3v) is 13.6. The topological polar surface area (TPSA) is 192 Å². The van der Waals surface area contributed by atoms with E-state index in [9.17, 15) is 32.0 Å². The van der Waals surface area contributed by atoms with E-state index < -0.39 is 80.5 Å². The van der Waals surface area contributed by atoms with Crippen molar-refractivity contribution >= 4 is 44.6 Å². The number of benzene rings is 1. The van der Waals surface area contributed by atoms with Crippen LogP contribution in [0.2, 0.25) is 0 Å². The summed E-state index contributed by atoms with van der Waals surface area (Å²) in [6.45, 7) is 7.77. The molecule has 312 valence electrons. The highest BCUT2D eigenvalue weighted by atomic mass is 32.2. The number of ether oxygens (including phenoxy) is 4. The summed E-state index contributed by atoms with van der Waals surface area (Å²) in [5, 5.41) is 6.85. The van der Waals surface area contributed by atoms with Crippen LogP contribution in [0.25, 0.3) is 10.8 Å². The number of carbonyl (C=O) groups excluding carboxylic acids is 4. The van der Waals surface area contributed by atoms with Gasteiger partial charge in [0.25, 0.3) is 5.91 Å². The van der Waals surface area contributed by atoms with Gasteiger partial charge in [0.2, 0.25) is 27.7 Å². The van der Waals surface area contributed by atoms with E-state index in [2.05, 4.69) is 20.3 Å². The summed E-state index contributed by atoms with van der Waals surface area (Å²) in [6, 6.07) is 2.98. The molecular formula is C40H54FN5O10S. The molecule has 3 heterocycles. The zero-order chi connectivity index (χ0) is 41.5. The fraction of sp³-hybridized carbons (Fsp3) is 0.625. The van der Waals surface area contributed by atoms with Gasteiger partial charge in [0.05, 0.1) is 27.0 Å². The Morgan fingerprint density at radius 3 is 2.46 bits per heavy atom. The Bertz CT molecular complexity index is 2040. The van der Waals surface area contributed by atoms with E-state index in [0.717, 1.165) is 6.42 Å². The molecule has 4 amide bonds. The van der Waals surface area contributed by atoms with Crippen molar-refractivity contribution in [1.82, 2.24) is 25.2 Å². The number of halogens is 1. The SMILES string of the molecule is COc1ccc2c(OC3CC4C(=O)NC5(C(=O)NS(=O)(=O)C6(CF)CC6)CC5C=CC(C)CCCC(C)C(NC(=O)OC(C)(C)C)C(=O)N4C3)ncc(OC)c2c1. The van der Waals surface area contributed by atoms with E-state index in [0.29, 0.717) is 35.1 Å². The number of allylic oxidation sites excluding steroid dienone is 1. The number of nitrogens with one attached hydrogen (secondary N) is 3. The molecule has 57 heavy (non-hydrogen) atoms. The Balaban J connectivity index is 1.36. The second-order valence-corrected chi connectivity index (χ2v) is 19.0. The first kappa shape index (κ1) is 41.9. The van der Waals surface area contributed by atoms with Gasteiger partial charge in [-0.25, -0.2) is 22.6 Å². The zero-order valence-corrected chi connectivity index (χ0v) is 34.4. The Kier molecular flexibility index (Phi) is 11.7. The van der Waals surface area contributed by atoms with Crippen LogP contribution in [-0.4, -0.2) is 104 Å². The van der Waals surface area contributed by atoms with E-state index in [-0.39, 0.29) is 49.9 Å². The van der Waals surface area contributed by atoms with Crippen molar-refractivity contribution in [1.29, 1.82) is 0 Å². The van der Waals surface area contributed by atoms with Gasteiger partial charge in [-0.1, -0.05) is 32.4 Å². The molecule has 0 spiro atoms. The zero-order valence-electron chi connectivity index (χ0n) is 33.6. The standard InChI is InChI=1S/C40H54FN5O10S/c1-23-9-8-10-24(2)32(43-37(50)56-38(3,4)5)35(48)46-21-27(55-34-28-14-13-26(53-6)17-29(28)31(54-7)20-42-34)18-30(46)33(47)44-40(19-25(40)12-11-23)36(49)45-57(51,52)39(22-41)15-16-39/h11-14,17,20,23-25,27,30,32H,8-10,15-16,18-19,21-22H2,1-7H3,(H,43,50)(H,44,47)(H,45,49). The van der Waals surface area contributed by atoms with Crippen LogP contribution in [0.15, 0.2) is 36.5 Å². The van der Waals surface area contributed by atoms with Crippen LogP contribution in [-0.2, 0) is 29.1 Å². The minimum absolute atomic E-state index is 0.0328. The molecule has 4 aliphatic rings. The van der Waals surface area contributed by atoms with Crippen molar-refractivity contribution < 1.29 is 50.9 Å². The van der Waals surface area contributed by atoms with Gasteiger partial charge in [0.1, 0.15) is 52.2 Å². The van der Waals surface area contributed by atoms with Gasteiger partial charge in [0.15, 0.2) is 0 Å². The minimum Gasteiger partial charge on any atom is -0.497 e. The van der Waals surface area contributed by atoms with E-state index in [1.54, 1.807) is 46.1 Å². The number of sulfonamides is 1. The fourth-order valence-corrected chi connectivity index (χ4v) is 9.14. The Morgan fingerprint density at radius 1 is 1.07 bits per heavy atom. The third-order valence-electron chi connectivity index (χ3n) is 11.5. The maximum atomic E-state index is 14.8. The highest BCUT2D eigenvalue weighted by molar-refractivity contribution is 7.91. The first-order valence-electron chi connectivity index (χ1n) is 19.5. The summed E-state index contributed by atoms with van der Waals surface area (Å²) < 4.78 is 63.6. The second kappa shape index (κ2) is 15.9. The molecule has 17 heteroatoms. The summed E-state index contributed by atoms with van der Waals surface area (Å²) in [6.07, 6.45) is 5.86. The summed E-state index contributed by atoms with van der Waals surface area (Å²) in [5.41, 5.74) is -2.52. The fourth-order valence-electron chi connectivity index (χ4n) is 7.72. The van der Waals surface area contributed by atoms with Crippen LogP contribution in [0.3, 0.4) is 0 Å². The number of amides is 4. The van der Waals surface area contributed by atoms with Gasteiger partial charge in [0, 0.05) is 23.1 Å². The predicted molar refractivity (Wildman–Crippen MR) is 208 cm³/mol. The number of alkyl halides is 1. The average molecular weight is 816 g/mol. The lowest BCUT2D eigenvalue weighted by Crippen LogP contribution is -2.59. The molecule has 0 radical (unpaired) electrons. The lowest BCUT2D eigenvalue weighted by atomic mass is 9.92. The Hall–Kier alpha value is -4.67. The van der Waals surface area contributed by atoms with Gasteiger partial charge in [-0.05, 0) is 82.9 Å². The molecule has 3 fully saturated rings. The normalized spacial score (nSPS) is 28.8. The molecule has 7 unspecified atom stereocenters. The number of hydrogen-bond donors (Lipinski definition) is 3. The van der Waals surface area contributed by atoms with Crippen molar-refractivity contribution in [3.63, 3.8) is 0 Å². The summed E-state index contributed by atoms with van der Waals surface area (Å²) in [4.78, 5) is 62.3. The summed E-state index contributed by atoms with van der Waals surface area (Å²) >= 11 is 0. The minimum atomic E-state index is -4.40. The Morgan fingerprint density at radius 2 is 1.81 bits per heavy atom. The number of pyridine rings is 1. The van der Waals surface area contributed by atoms with E-state index in [1.807, 2.05) is 26.0 Å². The average Bonchev–Trinajstić information content (AvgIpc) is 4.06. The summed E-state index contributed by atoms with van der Waals surface area (Å²) in [5.74, 6) is -1.85. The number of aromatic nitrogens is 1. The lowest BCUT2D eigenvalue weighted by molar-refractivity contribution is -0.142. The van der Waals surface area contributed by atoms with Crippen LogP contribution >= 0.6 is 0 Å². The van der Waals surface area contributed by atoms with E-state index >= 15 is 0 Å². The van der Waals surface area contributed by atoms with Crippen molar-refractivity contribution in [2.45, 2.75) is 114 Å². The van der Waals surface area contributed by atoms with Gasteiger partial charge in [-0.3, -0.25) is 19.1 Å². The molecular weight excluding hydrogens is 762 g/mol. The molecule has 7 atom stereocenters. The smallest absolute Gasteiger partial charge is 0.408 e. The number of carbonyl (C=O) groups is 4. The van der Waals surface area contributed by atoms with Gasteiger partial charge >= 0.3 is 6.09 Å². The third kappa shape index (κ3) is 8.77. The molecule has 6 rings (SSSR count). The van der Waals surface area contributed by atoms with Crippen LogP contribution in [0.4, 0.5) is 9.18 Å². The van der Waals surface area contributed by atoms with Crippen molar-refractivity contribution in [2.75, 3.05) is 27.4 Å². The lowest BCUT2D eigenvalue weighted by Gasteiger charge is -2.32. The number of fused-ring (bicyclic) bond motifs is 3. The molecule has 2 aromatic rings. The predicted octanol–water partition coefficient (Wildman–Crippen LogP) is 4.33. The molecule has 1 aromatic carbocycles. The van der Waals surface area contributed by atoms with Gasteiger partial charge in [-0.2, -0.15) is 0 Å². The number of rotatable bonds is 9. The van der Waals surface area contributed by atoms with Crippen LogP contribution < -0.4 is 29.6 Å². The maximum absolute atomic E-state index is 14.8. The highest BCUT2D eigenvalue weighted by Crippen LogP contribution is 2.48. The second-order valence-electron chi connectivity index (χ2n) is 16.9. The first-order chi connectivity index (χ1) is 26.9. The van der Waals surface area contributed by atoms with Crippen LogP contribution in [0, 0.1) is 17.8 Å². The van der Waals surface area contributed by atoms with Crippen molar-refractivity contribution in [3.05, 3.63) is 36.5 Å². The molecule has 2 aliphatic carbocycles. The highest BCUT2D eigenvalue weighted by Gasteiger charge is 2.64. The maximum Gasteiger partial charge on any atom is 0.408 e.